The van der Waals surface area contributed by atoms with Crippen molar-refractivity contribution in [2.75, 3.05) is 26.2 Å². The lowest BCUT2D eigenvalue weighted by Crippen LogP contribution is -2.39. The molecule has 2 aliphatic rings. The lowest BCUT2D eigenvalue weighted by atomic mass is 10.0. The summed E-state index contributed by atoms with van der Waals surface area (Å²) in [4.78, 5) is 3.25. The van der Waals surface area contributed by atoms with Crippen molar-refractivity contribution in [1.29, 1.82) is 0 Å². The minimum Gasteiger partial charge on any atom is -0.315 e. The third-order valence-electron chi connectivity index (χ3n) is 5.19. The van der Waals surface area contributed by atoms with Crippen LogP contribution >= 0.6 is 0 Å². The Balaban J connectivity index is 1.79. The zero-order valence-electron chi connectivity index (χ0n) is 14.8. The fraction of sp³-hybridized carbons (Fsp3) is 0.333. The Kier molecular flexibility index (Phi) is 4.94. The van der Waals surface area contributed by atoms with Crippen molar-refractivity contribution in [2.24, 2.45) is 0 Å². The van der Waals surface area contributed by atoms with E-state index in [9.17, 15) is 8.42 Å². The molecule has 2 aliphatic heterocycles. The topological polar surface area (TPSA) is 49.4 Å². The second-order valence-electron chi connectivity index (χ2n) is 6.89. The predicted molar refractivity (Wildman–Crippen MR) is 104 cm³/mol. The van der Waals surface area contributed by atoms with Crippen LogP contribution in [0, 0.1) is 0 Å². The van der Waals surface area contributed by atoms with Crippen LogP contribution in [0.2, 0.25) is 0 Å². The molecule has 136 valence electrons. The van der Waals surface area contributed by atoms with Gasteiger partial charge in [-0.25, -0.2) is 8.42 Å². The Morgan fingerprint density at radius 3 is 2.46 bits per heavy atom. The normalized spacial score (nSPS) is 21.3. The van der Waals surface area contributed by atoms with E-state index in [0.717, 1.165) is 50.1 Å². The average molecular weight is 369 g/mol. The van der Waals surface area contributed by atoms with Gasteiger partial charge in [0.1, 0.15) is 0 Å². The molecule has 5 heteroatoms. The van der Waals surface area contributed by atoms with E-state index in [1.54, 1.807) is 12.1 Å². The van der Waals surface area contributed by atoms with Crippen molar-refractivity contribution in [2.45, 2.75) is 23.8 Å². The van der Waals surface area contributed by atoms with Crippen molar-refractivity contribution in [3.05, 3.63) is 70.6 Å². The fourth-order valence-corrected chi connectivity index (χ4v) is 5.71. The molecule has 4 nitrogen and oxygen atoms in total. The van der Waals surface area contributed by atoms with Crippen molar-refractivity contribution >= 4 is 15.9 Å². The van der Waals surface area contributed by atoms with Crippen LogP contribution < -0.4 is 5.32 Å². The van der Waals surface area contributed by atoms with Crippen LogP contribution in [0.4, 0.5) is 0 Å². The molecule has 1 atom stereocenters. The van der Waals surface area contributed by atoms with E-state index in [2.05, 4.69) is 10.2 Å². The minimum atomic E-state index is -3.47. The van der Waals surface area contributed by atoms with Gasteiger partial charge in [0.05, 0.1) is 15.8 Å². The van der Waals surface area contributed by atoms with E-state index >= 15 is 0 Å². The van der Waals surface area contributed by atoms with E-state index in [4.69, 9.17) is 0 Å². The number of hydrogen-bond donors (Lipinski definition) is 1. The molecule has 4 rings (SSSR count). The standard InChI is InChI=1S/C21H24N2O2S/c24-26(25)19-11-5-4-10-18(19)16-20(26)21(17-8-2-1-3-9-17)23-14-7-6-12-22-13-15-23/h1-5,8-11,16,21-22H,6-7,12-15H2. The first-order chi connectivity index (χ1) is 12.7. The number of nitrogens with zero attached hydrogens (tertiary/aromatic N) is 1. The van der Waals surface area contributed by atoms with Crippen LogP contribution in [0.25, 0.3) is 6.08 Å². The van der Waals surface area contributed by atoms with Crippen LogP contribution in [0.15, 0.2) is 64.4 Å². The molecular weight excluding hydrogens is 344 g/mol. The zero-order chi connectivity index (χ0) is 18.0. The molecule has 0 saturated carbocycles. The van der Waals surface area contributed by atoms with Crippen LogP contribution in [-0.2, 0) is 9.84 Å². The summed E-state index contributed by atoms with van der Waals surface area (Å²) in [7, 11) is -3.47. The zero-order valence-corrected chi connectivity index (χ0v) is 15.6. The summed E-state index contributed by atoms with van der Waals surface area (Å²) in [6.07, 6.45) is 4.05. The summed E-state index contributed by atoms with van der Waals surface area (Å²) in [6, 6.07) is 17.1. The number of sulfone groups is 1. The van der Waals surface area contributed by atoms with Crippen molar-refractivity contribution in [1.82, 2.24) is 10.2 Å². The van der Waals surface area contributed by atoms with Crippen molar-refractivity contribution < 1.29 is 8.42 Å². The highest BCUT2D eigenvalue weighted by atomic mass is 32.2. The first kappa shape index (κ1) is 17.5. The van der Waals surface area contributed by atoms with Crippen LogP contribution in [0.1, 0.15) is 30.0 Å². The number of fused-ring (bicyclic) bond motifs is 1. The quantitative estimate of drug-likeness (QED) is 0.904. The van der Waals surface area contributed by atoms with Gasteiger partial charge in [0, 0.05) is 13.1 Å². The van der Waals surface area contributed by atoms with E-state index < -0.39 is 9.84 Å². The van der Waals surface area contributed by atoms with E-state index in [0.29, 0.717) is 9.80 Å². The highest BCUT2D eigenvalue weighted by Crippen LogP contribution is 2.42. The van der Waals surface area contributed by atoms with Gasteiger partial charge in [-0.3, -0.25) is 4.90 Å². The first-order valence-electron chi connectivity index (χ1n) is 9.23. The van der Waals surface area contributed by atoms with Crippen molar-refractivity contribution in [3.8, 4) is 0 Å². The molecule has 0 bridgehead atoms. The Morgan fingerprint density at radius 1 is 0.885 bits per heavy atom. The summed E-state index contributed by atoms with van der Waals surface area (Å²) in [5.41, 5.74) is 1.84. The first-order valence-corrected chi connectivity index (χ1v) is 10.7. The molecule has 0 spiro atoms. The second kappa shape index (κ2) is 7.35. The van der Waals surface area contributed by atoms with Gasteiger partial charge in [0.15, 0.2) is 0 Å². The van der Waals surface area contributed by atoms with E-state index in [-0.39, 0.29) is 6.04 Å². The van der Waals surface area contributed by atoms with Gasteiger partial charge in [0.25, 0.3) is 0 Å². The van der Waals surface area contributed by atoms with E-state index in [1.165, 1.54) is 0 Å². The Labute approximate surface area is 155 Å². The fourth-order valence-electron chi connectivity index (χ4n) is 3.90. The maximum absolute atomic E-state index is 13.3. The lowest BCUT2D eigenvalue weighted by Gasteiger charge is -2.34. The largest absolute Gasteiger partial charge is 0.315 e. The maximum atomic E-state index is 13.3. The minimum absolute atomic E-state index is 0.242. The SMILES string of the molecule is O=S1(=O)C(C(c2ccccc2)N2CCCCNCC2)=Cc2ccccc21. The molecule has 1 saturated heterocycles. The van der Waals surface area contributed by atoms with Crippen LogP contribution in [0.3, 0.4) is 0 Å². The summed E-state index contributed by atoms with van der Waals surface area (Å²) in [5.74, 6) is 0. The van der Waals surface area contributed by atoms with Gasteiger partial charge in [-0.05, 0) is 49.2 Å². The van der Waals surface area contributed by atoms with Crippen LogP contribution in [-0.4, -0.2) is 39.5 Å². The molecule has 0 radical (unpaired) electrons. The molecule has 2 aromatic carbocycles. The van der Waals surface area contributed by atoms with Gasteiger partial charge < -0.3 is 5.32 Å². The van der Waals surface area contributed by atoms with E-state index in [1.807, 2.05) is 48.5 Å². The Bertz CT molecular complexity index is 899. The molecule has 26 heavy (non-hydrogen) atoms. The number of hydrogen-bond acceptors (Lipinski definition) is 4. The highest BCUT2D eigenvalue weighted by Gasteiger charge is 2.37. The molecular formula is C21H24N2O2S. The second-order valence-corrected chi connectivity index (χ2v) is 8.81. The van der Waals surface area contributed by atoms with Gasteiger partial charge in [0.2, 0.25) is 9.84 Å². The van der Waals surface area contributed by atoms with Gasteiger partial charge in [-0.15, -0.1) is 0 Å². The molecule has 1 unspecified atom stereocenters. The van der Waals surface area contributed by atoms with Crippen LogP contribution in [0.5, 0.6) is 0 Å². The summed E-state index contributed by atoms with van der Waals surface area (Å²) >= 11 is 0. The third kappa shape index (κ3) is 3.22. The van der Waals surface area contributed by atoms with Gasteiger partial charge >= 0.3 is 0 Å². The number of nitrogens with one attached hydrogen (secondary N) is 1. The molecule has 0 amide bonds. The molecule has 2 heterocycles. The molecule has 1 fully saturated rings. The lowest BCUT2D eigenvalue weighted by molar-refractivity contribution is 0.213. The average Bonchev–Trinajstić information content (AvgIpc) is 2.89. The molecule has 0 aromatic heterocycles. The number of benzene rings is 2. The summed E-state index contributed by atoms with van der Waals surface area (Å²) in [5, 5.41) is 3.44. The van der Waals surface area contributed by atoms with Gasteiger partial charge in [-0.1, -0.05) is 48.5 Å². The molecule has 0 aliphatic carbocycles. The Hall–Kier alpha value is -1.95. The molecule has 1 N–H and O–H groups in total. The summed E-state index contributed by atoms with van der Waals surface area (Å²) in [6.45, 7) is 3.66. The molecule has 2 aromatic rings. The Morgan fingerprint density at radius 2 is 1.65 bits per heavy atom. The van der Waals surface area contributed by atoms with Crippen molar-refractivity contribution in [3.63, 3.8) is 0 Å². The smallest absolute Gasteiger partial charge is 0.205 e. The third-order valence-corrected chi connectivity index (χ3v) is 7.10. The maximum Gasteiger partial charge on any atom is 0.205 e. The number of rotatable bonds is 3. The monoisotopic (exact) mass is 368 g/mol. The summed E-state index contributed by atoms with van der Waals surface area (Å²) < 4.78 is 26.6. The van der Waals surface area contributed by atoms with Gasteiger partial charge in [-0.2, -0.15) is 0 Å². The predicted octanol–water partition coefficient (Wildman–Crippen LogP) is 3.24. The highest BCUT2D eigenvalue weighted by molar-refractivity contribution is 7.95.